The van der Waals surface area contributed by atoms with Gasteiger partial charge in [-0.25, -0.2) is 9.97 Å². The zero-order valence-corrected chi connectivity index (χ0v) is 9.54. The molecule has 17 heavy (non-hydrogen) atoms. The maximum absolute atomic E-state index is 10.8. The molecule has 0 atom stereocenters. The molecule has 1 aromatic rings. The van der Waals surface area contributed by atoms with Gasteiger partial charge in [-0.1, -0.05) is 0 Å². The Morgan fingerprint density at radius 1 is 1.41 bits per heavy atom. The van der Waals surface area contributed by atoms with Gasteiger partial charge in [0.05, 0.1) is 12.4 Å². The lowest BCUT2D eigenvalue weighted by molar-refractivity contribution is 0.0995. The molecule has 1 aliphatic heterocycles. The molecule has 92 valence electrons. The van der Waals surface area contributed by atoms with Gasteiger partial charge in [-0.05, 0) is 18.8 Å². The highest BCUT2D eigenvalue weighted by Gasteiger charge is 2.19. The number of rotatable bonds is 3. The maximum Gasteiger partial charge on any atom is 0.268 e. The number of aromatic nitrogens is 2. The highest BCUT2D eigenvalue weighted by molar-refractivity contribution is 5.90. The molecule has 1 saturated heterocycles. The SMILES string of the molecule is NC(=O)c1cnc(N2CCC(CO)CC2)cn1. The van der Waals surface area contributed by atoms with Crippen LogP contribution >= 0.6 is 0 Å². The van der Waals surface area contributed by atoms with Gasteiger partial charge in [0, 0.05) is 19.7 Å². The highest BCUT2D eigenvalue weighted by Crippen LogP contribution is 2.20. The van der Waals surface area contributed by atoms with Crippen molar-refractivity contribution in [2.75, 3.05) is 24.6 Å². The van der Waals surface area contributed by atoms with E-state index in [1.54, 1.807) is 6.20 Å². The third kappa shape index (κ3) is 2.71. The Hall–Kier alpha value is -1.69. The zero-order chi connectivity index (χ0) is 12.3. The van der Waals surface area contributed by atoms with Crippen molar-refractivity contribution in [3.05, 3.63) is 18.1 Å². The second-order valence-corrected chi connectivity index (χ2v) is 4.24. The number of aliphatic hydroxyl groups is 1. The summed E-state index contributed by atoms with van der Waals surface area (Å²) in [6.07, 6.45) is 4.88. The average molecular weight is 236 g/mol. The third-order valence-electron chi connectivity index (χ3n) is 3.09. The Kier molecular flexibility index (Phi) is 3.53. The monoisotopic (exact) mass is 236 g/mol. The zero-order valence-electron chi connectivity index (χ0n) is 9.54. The van der Waals surface area contributed by atoms with Gasteiger partial charge in [0.1, 0.15) is 11.5 Å². The second-order valence-electron chi connectivity index (χ2n) is 4.24. The fourth-order valence-corrected chi connectivity index (χ4v) is 1.96. The Balaban J connectivity index is 2.01. The van der Waals surface area contributed by atoms with Crippen molar-refractivity contribution in [2.24, 2.45) is 11.7 Å². The third-order valence-corrected chi connectivity index (χ3v) is 3.09. The lowest BCUT2D eigenvalue weighted by atomic mass is 9.98. The topological polar surface area (TPSA) is 92.3 Å². The van der Waals surface area contributed by atoms with Crippen LogP contribution in [0.3, 0.4) is 0 Å². The molecule has 0 spiro atoms. The number of hydrogen-bond donors (Lipinski definition) is 2. The molecule has 2 rings (SSSR count). The van der Waals surface area contributed by atoms with Crippen molar-refractivity contribution < 1.29 is 9.90 Å². The van der Waals surface area contributed by atoms with Crippen LogP contribution in [0, 0.1) is 5.92 Å². The number of nitrogens with two attached hydrogens (primary N) is 1. The number of primary amides is 1. The van der Waals surface area contributed by atoms with E-state index in [2.05, 4.69) is 14.9 Å². The molecule has 6 nitrogen and oxygen atoms in total. The molecular weight excluding hydrogens is 220 g/mol. The van der Waals surface area contributed by atoms with Gasteiger partial charge in [0.25, 0.3) is 5.91 Å². The lowest BCUT2D eigenvalue weighted by Gasteiger charge is -2.31. The predicted molar refractivity (Wildman–Crippen MR) is 62.6 cm³/mol. The van der Waals surface area contributed by atoms with E-state index in [1.165, 1.54) is 6.20 Å². The number of carbonyl (C=O) groups excluding carboxylic acids is 1. The van der Waals surface area contributed by atoms with Crippen molar-refractivity contribution in [3.8, 4) is 0 Å². The summed E-state index contributed by atoms with van der Waals surface area (Å²) in [4.78, 5) is 21.1. The molecule has 2 heterocycles. The molecule has 1 fully saturated rings. The smallest absolute Gasteiger partial charge is 0.268 e. The van der Waals surface area contributed by atoms with Crippen LogP contribution in [-0.4, -0.2) is 40.7 Å². The van der Waals surface area contributed by atoms with E-state index >= 15 is 0 Å². The van der Waals surface area contributed by atoms with Crippen molar-refractivity contribution in [2.45, 2.75) is 12.8 Å². The van der Waals surface area contributed by atoms with Crippen molar-refractivity contribution >= 4 is 11.7 Å². The second kappa shape index (κ2) is 5.09. The Morgan fingerprint density at radius 3 is 2.59 bits per heavy atom. The van der Waals surface area contributed by atoms with Crippen molar-refractivity contribution in [1.29, 1.82) is 0 Å². The van der Waals surface area contributed by atoms with E-state index < -0.39 is 5.91 Å². The quantitative estimate of drug-likeness (QED) is 0.757. The van der Waals surface area contributed by atoms with Crippen LogP contribution in [0.25, 0.3) is 0 Å². The summed E-state index contributed by atoms with van der Waals surface area (Å²) in [6, 6.07) is 0. The minimum absolute atomic E-state index is 0.180. The number of carbonyl (C=O) groups is 1. The number of amides is 1. The van der Waals surface area contributed by atoms with E-state index in [9.17, 15) is 4.79 Å². The first-order valence-corrected chi connectivity index (χ1v) is 5.68. The predicted octanol–water partition coefficient (Wildman–Crippen LogP) is -0.216. The van der Waals surface area contributed by atoms with Gasteiger partial charge in [-0.15, -0.1) is 0 Å². The summed E-state index contributed by atoms with van der Waals surface area (Å²) in [6.45, 7) is 1.96. The van der Waals surface area contributed by atoms with Gasteiger partial charge in [-0.2, -0.15) is 0 Å². The Morgan fingerprint density at radius 2 is 2.12 bits per heavy atom. The standard InChI is InChI=1S/C11H16N4O2/c12-11(17)9-5-14-10(6-13-9)15-3-1-8(7-16)2-4-15/h5-6,8,16H,1-4,7H2,(H2,12,17). The van der Waals surface area contributed by atoms with Gasteiger partial charge in [0.2, 0.25) is 0 Å². The lowest BCUT2D eigenvalue weighted by Crippen LogP contribution is -2.35. The first-order valence-electron chi connectivity index (χ1n) is 5.68. The fraction of sp³-hybridized carbons (Fsp3) is 0.545. The summed E-state index contributed by atoms with van der Waals surface area (Å²) < 4.78 is 0. The summed E-state index contributed by atoms with van der Waals surface area (Å²) in [5.41, 5.74) is 5.28. The van der Waals surface area contributed by atoms with E-state index in [-0.39, 0.29) is 12.3 Å². The molecule has 0 bridgehead atoms. The summed E-state index contributed by atoms with van der Waals surface area (Å²) in [5, 5.41) is 9.05. The van der Waals surface area contributed by atoms with Crippen LogP contribution < -0.4 is 10.6 Å². The largest absolute Gasteiger partial charge is 0.396 e. The molecule has 3 N–H and O–H groups in total. The van der Waals surface area contributed by atoms with Gasteiger partial charge in [0.15, 0.2) is 0 Å². The van der Waals surface area contributed by atoms with E-state index in [1.807, 2.05) is 0 Å². The number of aliphatic hydroxyl groups excluding tert-OH is 1. The fourth-order valence-electron chi connectivity index (χ4n) is 1.96. The van der Waals surface area contributed by atoms with Crippen LogP contribution in [0.5, 0.6) is 0 Å². The van der Waals surface area contributed by atoms with Crippen molar-refractivity contribution in [1.82, 2.24) is 9.97 Å². The van der Waals surface area contributed by atoms with E-state index in [0.29, 0.717) is 5.92 Å². The molecule has 1 aromatic heterocycles. The van der Waals surface area contributed by atoms with Crippen molar-refractivity contribution in [3.63, 3.8) is 0 Å². The Bertz CT molecular complexity index is 385. The van der Waals surface area contributed by atoms with Gasteiger partial charge in [-0.3, -0.25) is 4.79 Å². The highest BCUT2D eigenvalue weighted by atomic mass is 16.3. The first kappa shape index (κ1) is 11.8. The molecule has 0 unspecified atom stereocenters. The van der Waals surface area contributed by atoms with Crippen LogP contribution in [0.1, 0.15) is 23.3 Å². The Labute approximate surface area is 99.5 Å². The molecule has 0 aliphatic carbocycles. The van der Waals surface area contributed by atoms with E-state index in [4.69, 9.17) is 10.8 Å². The molecule has 0 saturated carbocycles. The molecule has 1 aliphatic rings. The van der Waals surface area contributed by atoms with Crippen LogP contribution in [0.15, 0.2) is 12.4 Å². The summed E-state index contributed by atoms with van der Waals surface area (Å²) >= 11 is 0. The maximum atomic E-state index is 10.8. The minimum atomic E-state index is -0.567. The average Bonchev–Trinajstić information content (AvgIpc) is 2.39. The number of nitrogens with zero attached hydrogens (tertiary/aromatic N) is 3. The number of piperidine rings is 1. The molecular formula is C11H16N4O2. The summed E-state index contributed by atoms with van der Waals surface area (Å²) in [5.74, 6) is 0.582. The van der Waals surface area contributed by atoms with Crippen LogP contribution in [0.4, 0.5) is 5.82 Å². The van der Waals surface area contributed by atoms with Gasteiger partial charge < -0.3 is 15.7 Å². The van der Waals surface area contributed by atoms with Crippen LogP contribution in [-0.2, 0) is 0 Å². The van der Waals surface area contributed by atoms with E-state index in [0.717, 1.165) is 31.7 Å². The molecule has 6 heteroatoms. The normalized spacial score (nSPS) is 17.1. The summed E-state index contributed by atoms with van der Waals surface area (Å²) in [7, 11) is 0. The molecule has 0 radical (unpaired) electrons. The number of anilines is 1. The first-order chi connectivity index (χ1) is 8.20. The van der Waals surface area contributed by atoms with Crippen LogP contribution in [0.2, 0.25) is 0 Å². The minimum Gasteiger partial charge on any atom is -0.396 e. The molecule has 0 aromatic carbocycles. The van der Waals surface area contributed by atoms with Gasteiger partial charge >= 0.3 is 0 Å². The molecule has 1 amide bonds. The number of hydrogen-bond acceptors (Lipinski definition) is 5.